The van der Waals surface area contributed by atoms with Gasteiger partial charge in [-0.1, -0.05) is 12.1 Å². The fraction of sp³-hybridized carbons (Fsp3) is 0.474. The highest BCUT2D eigenvalue weighted by atomic mass is 16.5. The predicted molar refractivity (Wildman–Crippen MR) is 103 cm³/mol. The van der Waals surface area contributed by atoms with Crippen molar-refractivity contribution in [2.45, 2.75) is 19.4 Å². The Labute approximate surface area is 168 Å². The standard InChI is InChI=1S/C19H25N5O5/c1-13(25)23-10-8-22(9-11-23)12-16(26)21-24-17(27)19(2,20-18(24)28)14-4-6-15(29-3)7-5-14/h4-7H,8-12H2,1-3H3,(H,20,28)(H,21,26)/t19-/m0/s1. The number of nitrogens with one attached hydrogen (secondary N) is 2. The van der Waals surface area contributed by atoms with E-state index in [2.05, 4.69) is 10.7 Å². The van der Waals surface area contributed by atoms with Crippen LogP contribution in [0.15, 0.2) is 24.3 Å². The fourth-order valence-electron chi connectivity index (χ4n) is 3.44. The summed E-state index contributed by atoms with van der Waals surface area (Å²) in [4.78, 5) is 52.6. The van der Waals surface area contributed by atoms with Crippen LogP contribution in [0, 0.1) is 0 Å². The number of hydrazine groups is 1. The number of carbonyl (C=O) groups is 4. The van der Waals surface area contributed by atoms with E-state index in [9.17, 15) is 19.2 Å². The van der Waals surface area contributed by atoms with Gasteiger partial charge >= 0.3 is 6.03 Å². The molecule has 10 heteroatoms. The number of nitrogens with zero attached hydrogens (tertiary/aromatic N) is 3. The third kappa shape index (κ3) is 4.16. The highest BCUT2D eigenvalue weighted by Gasteiger charge is 2.50. The average Bonchev–Trinajstić information content (AvgIpc) is 2.92. The first-order chi connectivity index (χ1) is 13.7. The molecule has 0 radical (unpaired) electrons. The Bertz CT molecular complexity index is 819. The number of hydrogen-bond acceptors (Lipinski definition) is 6. The molecule has 0 spiro atoms. The molecule has 0 bridgehead atoms. The molecule has 2 N–H and O–H groups in total. The molecule has 1 aromatic rings. The number of piperazine rings is 1. The summed E-state index contributed by atoms with van der Waals surface area (Å²) in [5, 5.41) is 3.36. The lowest BCUT2D eigenvalue weighted by Gasteiger charge is -2.33. The summed E-state index contributed by atoms with van der Waals surface area (Å²) in [5.74, 6) is -0.401. The van der Waals surface area contributed by atoms with Gasteiger partial charge in [-0.25, -0.2) is 4.79 Å². The van der Waals surface area contributed by atoms with Gasteiger partial charge in [0.15, 0.2) is 0 Å². The Kier molecular flexibility index (Phi) is 5.73. The molecule has 29 heavy (non-hydrogen) atoms. The van der Waals surface area contributed by atoms with E-state index in [4.69, 9.17) is 4.74 Å². The van der Waals surface area contributed by atoms with Gasteiger partial charge in [-0.05, 0) is 24.6 Å². The topological polar surface area (TPSA) is 111 Å². The number of hydrogen-bond donors (Lipinski definition) is 2. The van der Waals surface area contributed by atoms with E-state index in [1.54, 1.807) is 36.1 Å². The molecule has 156 valence electrons. The molecule has 2 aliphatic rings. The number of methoxy groups -OCH3 is 1. The third-order valence-electron chi connectivity index (χ3n) is 5.28. The van der Waals surface area contributed by atoms with Crippen LogP contribution in [0.4, 0.5) is 4.79 Å². The quantitative estimate of drug-likeness (QED) is 0.651. The fourth-order valence-corrected chi connectivity index (χ4v) is 3.44. The predicted octanol–water partition coefficient (Wildman–Crippen LogP) is -0.342. The minimum Gasteiger partial charge on any atom is -0.497 e. The Balaban J connectivity index is 1.61. The lowest BCUT2D eigenvalue weighted by molar-refractivity contribution is -0.139. The minimum absolute atomic E-state index is 0.00579. The van der Waals surface area contributed by atoms with Gasteiger partial charge in [-0.3, -0.25) is 24.7 Å². The summed E-state index contributed by atoms with van der Waals surface area (Å²) in [6.07, 6.45) is 0. The summed E-state index contributed by atoms with van der Waals surface area (Å²) in [5.41, 5.74) is 1.68. The number of imide groups is 1. The zero-order valence-corrected chi connectivity index (χ0v) is 16.7. The minimum atomic E-state index is -1.29. The lowest BCUT2D eigenvalue weighted by Crippen LogP contribution is -2.54. The number of carbonyl (C=O) groups excluding carboxylic acids is 4. The normalized spacial score (nSPS) is 22.4. The number of ether oxygens (including phenoxy) is 1. The van der Waals surface area contributed by atoms with Crippen molar-refractivity contribution in [2.75, 3.05) is 39.8 Å². The first-order valence-corrected chi connectivity index (χ1v) is 9.33. The van der Waals surface area contributed by atoms with Gasteiger partial charge in [0.25, 0.3) is 11.8 Å². The second-order valence-corrected chi connectivity index (χ2v) is 7.24. The molecule has 2 heterocycles. The smallest absolute Gasteiger partial charge is 0.344 e. The van der Waals surface area contributed by atoms with E-state index in [1.807, 2.05) is 4.90 Å². The first-order valence-electron chi connectivity index (χ1n) is 9.33. The van der Waals surface area contributed by atoms with Crippen LogP contribution in [-0.4, -0.2) is 78.4 Å². The maximum Gasteiger partial charge on any atom is 0.344 e. The third-order valence-corrected chi connectivity index (χ3v) is 5.28. The molecule has 0 saturated carbocycles. The monoisotopic (exact) mass is 403 g/mol. The zero-order valence-electron chi connectivity index (χ0n) is 16.7. The molecule has 3 rings (SSSR count). The van der Waals surface area contributed by atoms with Crippen molar-refractivity contribution >= 4 is 23.8 Å². The van der Waals surface area contributed by atoms with E-state index in [0.717, 1.165) is 5.01 Å². The molecule has 1 atom stereocenters. The molecule has 10 nitrogen and oxygen atoms in total. The zero-order chi connectivity index (χ0) is 21.2. The van der Waals surface area contributed by atoms with Crippen LogP contribution < -0.4 is 15.5 Å². The highest BCUT2D eigenvalue weighted by Crippen LogP contribution is 2.29. The summed E-state index contributed by atoms with van der Waals surface area (Å²) < 4.78 is 5.11. The molecule has 2 aliphatic heterocycles. The number of rotatable bonds is 5. The number of benzene rings is 1. The van der Waals surface area contributed by atoms with Crippen LogP contribution in [0.5, 0.6) is 5.75 Å². The Morgan fingerprint density at radius 2 is 1.76 bits per heavy atom. The van der Waals surface area contributed by atoms with Gasteiger partial charge < -0.3 is 15.0 Å². The molecule has 2 saturated heterocycles. The maximum absolute atomic E-state index is 12.9. The van der Waals surface area contributed by atoms with Gasteiger partial charge in [0.2, 0.25) is 5.91 Å². The van der Waals surface area contributed by atoms with Crippen LogP contribution >= 0.6 is 0 Å². The van der Waals surface area contributed by atoms with Crippen LogP contribution in [0.2, 0.25) is 0 Å². The Morgan fingerprint density at radius 3 is 2.31 bits per heavy atom. The summed E-state index contributed by atoms with van der Waals surface area (Å²) >= 11 is 0. The number of amides is 5. The van der Waals surface area contributed by atoms with E-state index in [-0.39, 0.29) is 12.5 Å². The van der Waals surface area contributed by atoms with E-state index >= 15 is 0 Å². The second kappa shape index (κ2) is 8.08. The summed E-state index contributed by atoms with van der Waals surface area (Å²) in [6, 6.07) is 6.08. The van der Waals surface area contributed by atoms with E-state index < -0.39 is 23.4 Å². The van der Waals surface area contributed by atoms with Crippen molar-refractivity contribution < 1.29 is 23.9 Å². The van der Waals surface area contributed by atoms with Crippen molar-refractivity contribution in [2.24, 2.45) is 0 Å². The molecule has 0 aromatic heterocycles. The van der Waals surface area contributed by atoms with E-state index in [0.29, 0.717) is 37.5 Å². The summed E-state index contributed by atoms with van der Waals surface area (Å²) in [7, 11) is 1.54. The molecule has 0 unspecified atom stereocenters. The van der Waals surface area contributed by atoms with Crippen molar-refractivity contribution in [3.05, 3.63) is 29.8 Å². The second-order valence-electron chi connectivity index (χ2n) is 7.24. The van der Waals surface area contributed by atoms with Gasteiger partial charge in [0.1, 0.15) is 11.3 Å². The maximum atomic E-state index is 12.9. The van der Waals surface area contributed by atoms with Crippen molar-refractivity contribution in [3.63, 3.8) is 0 Å². The lowest BCUT2D eigenvalue weighted by atomic mass is 9.92. The molecular formula is C19H25N5O5. The van der Waals surface area contributed by atoms with Crippen LogP contribution in [-0.2, 0) is 19.9 Å². The van der Waals surface area contributed by atoms with Gasteiger partial charge in [0.05, 0.1) is 13.7 Å². The van der Waals surface area contributed by atoms with Gasteiger partial charge in [-0.15, -0.1) is 0 Å². The van der Waals surface area contributed by atoms with Crippen molar-refractivity contribution in [1.29, 1.82) is 0 Å². The average molecular weight is 403 g/mol. The molecule has 0 aliphatic carbocycles. The first kappa shape index (κ1) is 20.6. The van der Waals surface area contributed by atoms with Crippen LogP contribution in [0.25, 0.3) is 0 Å². The largest absolute Gasteiger partial charge is 0.497 e. The van der Waals surface area contributed by atoms with Gasteiger partial charge in [-0.2, -0.15) is 5.01 Å². The summed E-state index contributed by atoms with van der Waals surface area (Å²) in [6.45, 7) is 5.32. The van der Waals surface area contributed by atoms with Crippen LogP contribution in [0.3, 0.4) is 0 Å². The Hall–Kier alpha value is -3.14. The number of urea groups is 1. The molecule has 2 fully saturated rings. The van der Waals surface area contributed by atoms with Crippen molar-refractivity contribution in [3.8, 4) is 5.75 Å². The molecular weight excluding hydrogens is 378 g/mol. The van der Waals surface area contributed by atoms with Crippen molar-refractivity contribution in [1.82, 2.24) is 25.6 Å². The van der Waals surface area contributed by atoms with Crippen LogP contribution in [0.1, 0.15) is 19.4 Å². The molecule has 1 aromatic carbocycles. The Morgan fingerprint density at radius 1 is 1.14 bits per heavy atom. The molecule has 5 amide bonds. The SMILES string of the molecule is COc1ccc([C@]2(C)NC(=O)N(NC(=O)CN3CCN(C(C)=O)CC3)C2=O)cc1. The van der Waals surface area contributed by atoms with E-state index in [1.165, 1.54) is 14.0 Å². The highest BCUT2D eigenvalue weighted by molar-refractivity contribution is 6.08. The van der Waals surface area contributed by atoms with Gasteiger partial charge in [0, 0.05) is 33.1 Å².